The summed E-state index contributed by atoms with van der Waals surface area (Å²) in [6.07, 6.45) is -0.708. The van der Waals surface area contributed by atoms with Crippen molar-refractivity contribution in [3.8, 4) is 0 Å². The summed E-state index contributed by atoms with van der Waals surface area (Å²) in [5.74, 6) is -1.17. The lowest BCUT2D eigenvalue weighted by molar-refractivity contribution is 0.0587. The van der Waals surface area contributed by atoms with Gasteiger partial charge >= 0.3 is 12.1 Å². The first-order chi connectivity index (χ1) is 13.0. The highest BCUT2D eigenvalue weighted by atomic mass is 16.6. The first kappa shape index (κ1) is 21.0. The van der Waals surface area contributed by atoms with Crippen LogP contribution in [0, 0.1) is 13.8 Å². The molecule has 0 atom stereocenters. The van der Waals surface area contributed by atoms with Crippen LogP contribution in [0.3, 0.4) is 0 Å². The Morgan fingerprint density at radius 3 is 2.07 bits per heavy atom. The normalized spacial score (nSPS) is 10.9. The van der Waals surface area contributed by atoms with Crippen LogP contribution >= 0.6 is 0 Å². The summed E-state index contributed by atoms with van der Waals surface area (Å²) < 4.78 is 11.4. The Bertz CT molecular complexity index is 895. The van der Waals surface area contributed by atoms with Gasteiger partial charge in [-0.3, -0.25) is 9.47 Å². The molecule has 0 aliphatic rings. The van der Waals surface area contributed by atoms with E-state index < -0.39 is 23.6 Å². The van der Waals surface area contributed by atoms with Crippen LogP contribution in [-0.4, -0.2) is 35.4 Å². The molecule has 150 valence electrons. The van der Waals surface area contributed by atoms with E-state index in [1.54, 1.807) is 58.9 Å². The number of esters is 1. The van der Waals surface area contributed by atoms with Gasteiger partial charge in [0, 0.05) is 5.69 Å². The van der Waals surface area contributed by atoms with Crippen LogP contribution in [0.2, 0.25) is 0 Å². The first-order valence-electron chi connectivity index (χ1n) is 8.71. The highest BCUT2D eigenvalue weighted by Gasteiger charge is 2.29. The fourth-order valence-corrected chi connectivity index (χ4v) is 2.74. The monoisotopic (exact) mass is 387 g/mol. The van der Waals surface area contributed by atoms with Gasteiger partial charge in [0.05, 0.1) is 29.6 Å². The van der Waals surface area contributed by atoms with E-state index in [4.69, 9.17) is 9.47 Å². The van der Waals surface area contributed by atoms with Crippen LogP contribution in [-0.2, 0) is 9.47 Å². The molecule has 0 bridgehead atoms. The molecule has 1 aromatic carbocycles. The molecule has 8 nitrogen and oxygen atoms in total. The topological polar surface area (TPSA) is 98.7 Å². The molecule has 0 aliphatic heterocycles. The summed E-state index contributed by atoms with van der Waals surface area (Å²) in [6, 6.07) is 8.85. The Balaban J connectivity index is 2.45. The number of ether oxygens (including phenoxy) is 2. The molecule has 1 aromatic heterocycles. The van der Waals surface area contributed by atoms with Crippen molar-refractivity contribution in [2.24, 2.45) is 0 Å². The van der Waals surface area contributed by atoms with Crippen molar-refractivity contribution in [3.05, 3.63) is 52.8 Å². The largest absolute Gasteiger partial charge is 0.465 e. The van der Waals surface area contributed by atoms with Crippen LogP contribution in [0.5, 0.6) is 0 Å². The smallest absolute Gasteiger partial charge is 0.426 e. The number of benzene rings is 1. The highest BCUT2D eigenvalue weighted by Crippen LogP contribution is 2.24. The standard InChI is InChI=1S/C20H25N3O5/c1-12-15(17(24)21-14-10-8-7-9-11-14)16(18(25)27-6)13(2)23(12)22-19(26)28-20(3,4)5/h7-11H,1-6H3,(H,21,24)(H,22,26). The molecule has 1 heterocycles. The number of rotatable bonds is 4. The van der Waals surface area contributed by atoms with Gasteiger partial charge in [0.15, 0.2) is 0 Å². The fourth-order valence-electron chi connectivity index (χ4n) is 2.74. The van der Waals surface area contributed by atoms with Crippen LogP contribution in [0.4, 0.5) is 10.5 Å². The Morgan fingerprint density at radius 1 is 0.964 bits per heavy atom. The molecule has 2 amide bonds. The number of carbonyl (C=O) groups is 3. The number of para-hydroxylation sites is 1. The SMILES string of the molecule is COC(=O)c1c(C(=O)Nc2ccccc2)c(C)n(NC(=O)OC(C)(C)C)c1C. The van der Waals surface area contributed by atoms with Crippen LogP contribution in [0.1, 0.15) is 52.9 Å². The van der Waals surface area contributed by atoms with Crippen molar-refractivity contribution in [2.45, 2.75) is 40.2 Å². The molecule has 0 saturated heterocycles. The molecule has 0 radical (unpaired) electrons. The molecule has 0 fully saturated rings. The Labute approximate surface area is 163 Å². The molecule has 28 heavy (non-hydrogen) atoms. The summed E-state index contributed by atoms with van der Waals surface area (Å²) in [4.78, 5) is 37.4. The molecule has 8 heteroatoms. The predicted molar refractivity (Wildman–Crippen MR) is 105 cm³/mol. The zero-order chi connectivity index (χ0) is 21.1. The second-order valence-electron chi connectivity index (χ2n) is 7.18. The lowest BCUT2D eigenvalue weighted by Gasteiger charge is -2.21. The first-order valence-corrected chi connectivity index (χ1v) is 8.71. The van der Waals surface area contributed by atoms with Gasteiger partial charge in [-0.2, -0.15) is 0 Å². The number of hydrogen-bond donors (Lipinski definition) is 2. The third kappa shape index (κ3) is 4.70. The van der Waals surface area contributed by atoms with E-state index in [2.05, 4.69) is 10.7 Å². The van der Waals surface area contributed by atoms with Crippen LogP contribution in [0.25, 0.3) is 0 Å². The minimum absolute atomic E-state index is 0.0736. The van der Waals surface area contributed by atoms with Crippen molar-refractivity contribution < 1.29 is 23.9 Å². The molecule has 2 N–H and O–H groups in total. The average molecular weight is 387 g/mol. The third-order valence-corrected chi connectivity index (χ3v) is 3.89. The lowest BCUT2D eigenvalue weighted by Crippen LogP contribution is -2.32. The van der Waals surface area contributed by atoms with Crippen molar-refractivity contribution in [1.29, 1.82) is 0 Å². The zero-order valence-corrected chi connectivity index (χ0v) is 16.9. The maximum Gasteiger partial charge on any atom is 0.426 e. The highest BCUT2D eigenvalue weighted by molar-refractivity contribution is 6.12. The minimum Gasteiger partial charge on any atom is -0.465 e. The van der Waals surface area contributed by atoms with Gasteiger partial charge in [-0.05, 0) is 46.8 Å². The van der Waals surface area contributed by atoms with Gasteiger partial charge in [-0.25, -0.2) is 15.0 Å². The Kier molecular flexibility index (Phi) is 6.12. The molecule has 0 unspecified atom stereocenters. The molecule has 0 spiro atoms. The number of aromatic nitrogens is 1. The summed E-state index contributed by atoms with van der Waals surface area (Å²) in [6.45, 7) is 8.44. The van der Waals surface area contributed by atoms with Crippen molar-refractivity contribution >= 4 is 23.7 Å². The van der Waals surface area contributed by atoms with Crippen LogP contribution in [0.15, 0.2) is 30.3 Å². The summed E-state index contributed by atoms with van der Waals surface area (Å²) in [7, 11) is 1.23. The van der Waals surface area contributed by atoms with Gasteiger partial charge in [0.25, 0.3) is 5.91 Å². The van der Waals surface area contributed by atoms with Crippen molar-refractivity contribution in [2.75, 3.05) is 17.9 Å². The van der Waals surface area contributed by atoms with Crippen LogP contribution < -0.4 is 10.7 Å². The number of carbonyl (C=O) groups excluding carboxylic acids is 3. The predicted octanol–water partition coefficient (Wildman–Crippen LogP) is 3.62. The number of hydrogen-bond acceptors (Lipinski definition) is 5. The molecular weight excluding hydrogens is 362 g/mol. The van der Waals surface area contributed by atoms with E-state index >= 15 is 0 Å². The molecule has 0 aliphatic carbocycles. The van der Waals surface area contributed by atoms with E-state index in [1.165, 1.54) is 11.8 Å². The maximum absolute atomic E-state index is 12.9. The van der Waals surface area contributed by atoms with Gasteiger partial charge in [-0.15, -0.1) is 0 Å². The summed E-state index contributed by atoms with van der Waals surface area (Å²) in [5.41, 5.74) is 3.36. The number of amides is 2. The van der Waals surface area contributed by atoms with E-state index in [1.807, 2.05) is 6.07 Å². The van der Waals surface area contributed by atoms with E-state index in [0.717, 1.165) is 0 Å². The average Bonchev–Trinajstić information content (AvgIpc) is 2.85. The Morgan fingerprint density at radius 2 is 1.54 bits per heavy atom. The molecule has 0 saturated carbocycles. The van der Waals surface area contributed by atoms with Gasteiger partial charge in [-0.1, -0.05) is 18.2 Å². The number of methoxy groups -OCH3 is 1. The summed E-state index contributed by atoms with van der Waals surface area (Å²) in [5, 5.41) is 2.75. The molecule has 2 rings (SSSR count). The second-order valence-corrected chi connectivity index (χ2v) is 7.18. The van der Waals surface area contributed by atoms with E-state index in [-0.39, 0.29) is 11.1 Å². The second kappa shape index (κ2) is 8.16. The van der Waals surface area contributed by atoms with Gasteiger partial charge in [0.2, 0.25) is 0 Å². The Hall–Kier alpha value is -3.29. The van der Waals surface area contributed by atoms with E-state index in [0.29, 0.717) is 17.1 Å². The number of nitrogens with zero attached hydrogens (tertiary/aromatic N) is 1. The molecule has 2 aromatic rings. The van der Waals surface area contributed by atoms with E-state index in [9.17, 15) is 14.4 Å². The lowest BCUT2D eigenvalue weighted by atomic mass is 10.1. The van der Waals surface area contributed by atoms with Crippen molar-refractivity contribution in [1.82, 2.24) is 4.68 Å². The number of nitrogens with one attached hydrogen (secondary N) is 2. The van der Waals surface area contributed by atoms with Gasteiger partial charge in [0.1, 0.15) is 5.60 Å². The van der Waals surface area contributed by atoms with Crippen molar-refractivity contribution in [3.63, 3.8) is 0 Å². The number of anilines is 1. The fraction of sp³-hybridized carbons (Fsp3) is 0.350. The van der Waals surface area contributed by atoms with Gasteiger partial charge < -0.3 is 14.8 Å². The summed E-state index contributed by atoms with van der Waals surface area (Å²) >= 11 is 0. The maximum atomic E-state index is 12.9. The minimum atomic E-state index is -0.708. The molecular formula is C20H25N3O5. The zero-order valence-electron chi connectivity index (χ0n) is 16.9. The third-order valence-electron chi connectivity index (χ3n) is 3.89. The quantitative estimate of drug-likeness (QED) is 0.781.